The summed E-state index contributed by atoms with van der Waals surface area (Å²) in [4.78, 5) is 79.6. The number of amides is 5. The third-order valence-electron chi connectivity index (χ3n) is 14.0. The van der Waals surface area contributed by atoms with E-state index in [1.807, 2.05) is 90.1 Å². The first-order valence-electron chi connectivity index (χ1n) is 28.3. The SMILES string of the molecule is CCc1ccc(C(=O)/C=C/c2ccc(OC)cc2OC)c(O)c1.CN(C)S(=O)(=O)c1ccc(NC(=O)/C=C/c2ccccc2Cl)cc1.COc1ccccc1CNC(=O)[C@@H](NC(=O)C1CCN(C(=O)[C@@H]2CCCN2C(=O)OC(C)(C)C)CC1)C(C)C.[HH].[HH].[HH]. The van der Waals surface area contributed by atoms with Crippen molar-refractivity contribution in [2.24, 2.45) is 11.8 Å². The van der Waals surface area contributed by atoms with Crippen LogP contribution >= 0.6 is 11.6 Å². The Kier molecular flexibility index (Phi) is 25.8. The van der Waals surface area contributed by atoms with Crippen LogP contribution in [0, 0.1) is 11.8 Å². The fourth-order valence-electron chi connectivity index (χ4n) is 9.18. The molecule has 0 unspecified atom stereocenters. The zero-order chi connectivity index (χ0) is 63.3. The number of para-hydroxylation sites is 1. The highest BCUT2D eigenvalue weighted by Gasteiger charge is 2.40. The van der Waals surface area contributed by atoms with Gasteiger partial charge < -0.3 is 44.9 Å². The van der Waals surface area contributed by atoms with Crippen LogP contribution in [0.25, 0.3) is 12.2 Å². The quantitative estimate of drug-likeness (QED) is 0.0445. The molecule has 21 heteroatoms. The molecule has 0 aromatic heterocycles. The van der Waals surface area contributed by atoms with Crippen molar-refractivity contribution in [3.05, 3.63) is 154 Å². The maximum absolute atomic E-state index is 13.3. The first kappa shape index (κ1) is 68.6. The summed E-state index contributed by atoms with van der Waals surface area (Å²) in [7, 11) is 4.17. The summed E-state index contributed by atoms with van der Waals surface area (Å²) in [6.45, 7) is 12.9. The van der Waals surface area contributed by atoms with Crippen molar-refractivity contribution in [3.8, 4) is 23.0 Å². The van der Waals surface area contributed by atoms with Crippen molar-refractivity contribution in [2.45, 2.75) is 103 Å². The van der Waals surface area contributed by atoms with E-state index in [0.717, 1.165) is 39.4 Å². The van der Waals surface area contributed by atoms with Crippen LogP contribution in [-0.2, 0) is 46.9 Å². The van der Waals surface area contributed by atoms with Crippen LogP contribution in [0.5, 0.6) is 23.0 Å². The zero-order valence-corrected chi connectivity index (χ0v) is 52.4. The fourth-order valence-corrected chi connectivity index (χ4v) is 10.3. The zero-order valence-electron chi connectivity index (χ0n) is 50.8. The van der Waals surface area contributed by atoms with E-state index in [1.165, 1.54) is 55.4 Å². The van der Waals surface area contributed by atoms with Crippen LogP contribution in [-0.4, -0.2) is 136 Å². The number of piperidine rings is 1. The fraction of sp³-hybridized carbons (Fsp3) is 0.385. The van der Waals surface area contributed by atoms with Crippen molar-refractivity contribution in [1.29, 1.82) is 0 Å². The topological polar surface area (TPSA) is 240 Å². The van der Waals surface area contributed by atoms with Crippen molar-refractivity contribution < 1.29 is 65.5 Å². The molecule has 2 heterocycles. The number of phenolic OH excluding ortho intramolecular Hbond substituents is 1. The van der Waals surface area contributed by atoms with E-state index in [0.29, 0.717) is 73.4 Å². The van der Waals surface area contributed by atoms with Gasteiger partial charge in [-0.05, 0) is 149 Å². The Bertz CT molecular complexity index is 3340. The summed E-state index contributed by atoms with van der Waals surface area (Å²) in [6.07, 6.45) is 8.78. The number of allylic oxidation sites excluding steroid dienone is 1. The highest BCUT2D eigenvalue weighted by molar-refractivity contribution is 7.89. The number of methoxy groups -OCH3 is 3. The lowest BCUT2D eigenvalue weighted by Crippen LogP contribution is -2.54. The number of nitrogens with zero attached hydrogens (tertiary/aromatic N) is 3. The van der Waals surface area contributed by atoms with E-state index in [9.17, 15) is 42.3 Å². The van der Waals surface area contributed by atoms with Gasteiger partial charge in [-0.25, -0.2) is 17.5 Å². The minimum Gasteiger partial charge on any atom is -0.507 e. The number of ether oxygens (including phenoxy) is 4. The molecule has 2 fully saturated rings. The molecule has 86 heavy (non-hydrogen) atoms. The molecule has 0 bridgehead atoms. The van der Waals surface area contributed by atoms with Crippen LogP contribution in [0.2, 0.25) is 5.02 Å². The predicted molar refractivity (Wildman–Crippen MR) is 340 cm³/mol. The maximum Gasteiger partial charge on any atom is 0.410 e. The molecule has 2 atom stereocenters. The van der Waals surface area contributed by atoms with Gasteiger partial charge in [0.15, 0.2) is 5.78 Å². The summed E-state index contributed by atoms with van der Waals surface area (Å²) < 4.78 is 46.3. The molecule has 0 spiro atoms. The van der Waals surface area contributed by atoms with Crippen LogP contribution in [0.15, 0.2) is 126 Å². The van der Waals surface area contributed by atoms with Crippen LogP contribution < -0.4 is 30.2 Å². The number of aromatic hydroxyl groups is 1. The minimum atomic E-state index is -3.48. The number of carbonyl (C=O) groups is 6. The summed E-state index contributed by atoms with van der Waals surface area (Å²) >= 11 is 6.01. The van der Waals surface area contributed by atoms with Gasteiger partial charge in [-0.15, -0.1) is 0 Å². The van der Waals surface area contributed by atoms with Crippen LogP contribution in [0.4, 0.5) is 10.5 Å². The number of nitrogens with one attached hydrogen (secondary N) is 3. The van der Waals surface area contributed by atoms with E-state index in [2.05, 4.69) is 16.0 Å². The number of rotatable bonds is 19. The van der Waals surface area contributed by atoms with Gasteiger partial charge in [0.1, 0.15) is 40.7 Å². The lowest BCUT2D eigenvalue weighted by Gasteiger charge is -2.36. The van der Waals surface area contributed by atoms with Gasteiger partial charge in [0, 0.05) is 84.5 Å². The van der Waals surface area contributed by atoms with Crippen LogP contribution in [0.1, 0.15) is 104 Å². The number of hydrogen-bond acceptors (Lipinski definition) is 13. The third kappa shape index (κ3) is 20.0. The second-order valence-corrected chi connectivity index (χ2v) is 24.4. The number of aryl methyl sites for hydroxylation is 1. The average molecular weight is 1230 g/mol. The minimum absolute atomic E-state index is 0. The van der Waals surface area contributed by atoms with Gasteiger partial charge >= 0.3 is 6.09 Å². The Morgan fingerprint density at radius 1 is 0.791 bits per heavy atom. The largest absolute Gasteiger partial charge is 0.507 e. The molecule has 5 aromatic carbocycles. The molecule has 2 saturated heterocycles. The van der Waals surface area contributed by atoms with Crippen LogP contribution in [0.3, 0.4) is 0 Å². The second kappa shape index (κ2) is 32.3. The lowest BCUT2D eigenvalue weighted by molar-refractivity contribution is -0.140. The van der Waals surface area contributed by atoms with Crippen molar-refractivity contribution in [2.75, 3.05) is 60.4 Å². The summed E-state index contributed by atoms with van der Waals surface area (Å²) in [5.74, 6) is 0.477. The van der Waals surface area contributed by atoms with Gasteiger partial charge in [-0.2, -0.15) is 0 Å². The number of benzene rings is 5. The Balaban J connectivity index is 0.000000470. The lowest BCUT2D eigenvalue weighted by atomic mass is 9.94. The molecule has 4 N–H and O–H groups in total. The summed E-state index contributed by atoms with van der Waals surface area (Å²) in [5, 5.41) is 19.0. The molecule has 0 saturated carbocycles. The number of likely N-dealkylation sites (tertiary alicyclic amines) is 2. The molecule has 0 aliphatic carbocycles. The van der Waals surface area contributed by atoms with Gasteiger partial charge in [0.05, 0.1) is 31.8 Å². The van der Waals surface area contributed by atoms with E-state index in [-0.39, 0.29) is 61.7 Å². The van der Waals surface area contributed by atoms with Gasteiger partial charge in [0.2, 0.25) is 33.7 Å². The highest BCUT2D eigenvalue weighted by atomic mass is 35.5. The molecule has 2 aliphatic rings. The van der Waals surface area contributed by atoms with E-state index >= 15 is 0 Å². The summed E-state index contributed by atoms with van der Waals surface area (Å²) in [6, 6.07) is 29.9. The van der Waals surface area contributed by atoms with E-state index in [1.54, 1.807) is 74.8 Å². The van der Waals surface area contributed by atoms with E-state index in [4.69, 9.17) is 30.5 Å². The molecule has 2 aliphatic heterocycles. The van der Waals surface area contributed by atoms with Gasteiger partial charge in [0.25, 0.3) is 0 Å². The number of hydrogen-bond donors (Lipinski definition) is 4. The Morgan fingerprint density at radius 3 is 2.05 bits per heavy atom. The summed E-state index contributed by atoms with van der Waals surface area (Å²) in [5.41, 5.74) is 3.49. The van der Waals surface area contributed by atoms with Crippen molar-refractivity contribution >= 4 is 75.0 Å². The normalized spacial score (nSPS) is 14.8. The predicted octanol–water partition coefficient (Wildman–Crippen LogP) is 10.9. The second-order valence-electron chi connectivity index (χ2n) is 21.9. The molecule has 0 radical (unpaired) electrons. The molecular formula is C65H87ClN6O13S. The molecule has 19 nitrogen and oxygen atoms in total. The standard InChI is InChI=1S/C29H44N4O6.C19H20O4.C17H17ClN2O3S.3H2/c1-19(2)24(26(35)30-18-21-10-7-8-12-23(21)38-6)31-25(34)20-13-16-32(17-14-20)27(36)22-11-9-15-33(22)28(37)39-29(3,4)5;1-4-13-5-9-16(18(21)11-13)17(20)10-7-14-6-8-15(22-2)12-19(14)23-3;1-20(2)24(22,23)15-10-8-14(9-11-15)19-17(21)12-7-13-5-3-4-6-16(13)18;;;/h7-8,10,12,19-20,22,24H,9,11,13-18H2,1-6H3,(H,30,35)(H,31,34);5-12,21H,4H2,1-3H3;3-12H,1-2H3,(H,19,21);3*1H/b;10-7+;12-7+;;;/t22-,24-;;;;;/m0...../s1. The number of sulfonamides is 1. The number of anilines is 1. The van der Waals surface area contributed by atoms with Gasteiger partial charge in [-0.3, -0.25) is 28.9 Å². The molecule has 7 rings (SSSR count). The van der Waals surface area contributed by atoms with E-state index < -0.39 is 33.8 Å². The maximum atomic E-state index is 13.3. The Labute approximate surface area is 515 Å². The van der Waals surface area contributed by atoms with Crippen molar-refractivity contribution in [1.82, 2.24) is 24.7 Å². The van der Waals surface area contributed by atoms with Crippen molar-refractivity contribution in [3.63, 3.8) is 0 Å². The number of phenols is 1. The first-order chi connectivity index (χ1) is 40.8. The number of carbonyl (C=O) groups excluding carboxylic acids is 6. The first-order valence-corrected chi connectivity index (χ1v) is 30.1. The Hall–Kier alpha value is -8.20. The van der Waals surface area contributed by atoms with Gasteiger partial charge in [-0.1, -0.05) is 74.8 Å². The molecule has 468 valence electrons. The highest BCUT2D eigenvalue weighted by Crippen LogP contribution is 2.29. The average Bonchev–Trinajstić information content (AvgIpc) is 4.27. The molecular weight excluding hydrogens is 1140 g/mol. The number of ketones is 1. The monoisotopic (exact) mass is 1230 g/mol. The third-order valence-corrected chi connectivity index (χ3v) is 16.2. The Morgan fingerprint density at radius 2 is 1.44 bits per heavy atom. The smallest absolute Gasteiger partial charge is 0.410 e. The molecule has 5 aromatic rings. The number of halogens is 1. The molecule has 5 amide bonds.